The first-order valence-electron chi connectivity index (χ1n) is 5.02. The van der Waals surface area contributed by atoms with E-state index in [2.05, 4.69) is 10.2 Å². The molecule has 0 bridgehead atoms. The van der Waals surface area contributed by atoms with Crippen molar-refractivity contribution in [2.24, 2.45) is 0 Å². The molecule has 0 saturated heterocycles. The van der Waals surface area contributed by atoms with E-state index < -0.39 is 11.9 Å². The van der Waals surface area contributed by atoms with Gasteiger partial charge in [0.25, 0.3) is 5.22 Å². The molecule has 1 aromatic carbocycles. The van der Waals surface area contributed by atoms with Gasteiger partial charge in [0.2, 0.25) is 5.89 Å². The highest BCUT2D eigenvalue weighted by Gasteiger charge is 2.16. The Morgan fingerprint density at radius 3 is 2.76 bits per heavy atom. The van der Waals surface area contributed by atoms with Gasteiger partial charge < -0.3 is 9.52 Å². The monoisotopic (exact) mass is 254 g/mol. The summed E-state index contributed by atoms with van der Waals surface area (Å²) < 4.78 is 18.8. The number of hydrogen-bond donors (Lipinski definition) is 1. The third-order valence-electron chi connectivity index (χ3n) is 2.14. The zero-order valence-corrected chi connectivity index (χ0v) is 10.2. The Morgan fingerprint density at radius 2 is 2.18 bits per heavy atom. The fourth-order valence-electron chi connectivity index (χ4n) is 1.43. The first-order valence-corrected chi connectivity index (χ1v) is 5.84. The molecule has 1 N–H and O–H groups in total. The van der Waals surface area contributed by atoms with E-state index >= 15 is 0 Å². The van der Waals surface area contributed by atoms with Crippen LogP contribution in [0.15, 0.2) is 32.7 Å². The van der Waals surface area contributed by atoms with E-state index in [9.17, 15) is 9.50 Å². The molecule has 17 heavy (non-hydrogen) atoms. The minimum absolute atomic E-state index is 0.244. The molecule has 4 nitrogen and oxygen atoms in total. The topological polar surface area (TPSA) is 59.2 Å². The van der Waals surface area contributed by atoms with E-state index in [0.29, 0.717) is 16.0 Å². The van der Waals surface area contributed by atoms with E-state index in [0.717, 1.165) is 11.8 Å². The largest absolute Gasteiger partial charge is 0.416 e. The molecule has 0 amide bonds. The van der Waals surface area contributed by atoms with Crippen molar-refractivity contribution in [2.75, 3.05) is 0 Å². The molecule has 0 aliphatic carbocycles. The average molecular weight is 254 g/mol. The first-order chi connectivity index (χ1) is 8.08. The predicted octanol–water partition coefficient (Wildman–Crippen LogP) is 2.72. The highest BCUT2D eigenvalue weighted by Crippen LogP contribution is 2.33. The van der Waals surface area contributed by atoms with E-state index in [1.54, 1.807) is 19.1 Å². The maximum Gasteiger partial charge on any atom is 0.281 e. The van der Waals surface area contributed by atoms with Gasteiger partial charge in [0.15, 0.2) is 0 Å². The number of aliphatic hydroxyl groups excluding tert-OH is 1. The molecule has 2 rings (SSSR count). The van der Waals surface area contributed by atoms with Gasteiger partial charge in [0.05, 0.1) is 6.10 Å². The summed E-state index contributed by atoms with van der Waals surface area (Å²) in [5.41, 5.74) is 0.244. The van der Waals surface area contributed by atoms with Crippen molar-refractivity contribution in [3.8, 4) is 0 Å². The molecule has 0 unspecified atom stereocenters. The van der Waals surface area contributed by atoms with Crippen molar-refractivity contribution in [2.45, 2.75) is 30.1 Å². The zero-order chi connectivity index (χ0) is 12.4. The van der Waals surface area contributed by atoms with Gasteiger partial charge >= 0.3 is 0 Å². The molecule has 0 fully saturated rings. The number of aliphatic hydroxyl groups is 1. The van der Waals surface area contributed by atoms with Crippen LogP contribution in [0.5, 0.6) is 0 Å². The zero-order valence-electron chi connectivity index (χ0n) is 9.35. The van der Waals surface area contributed by atoms with Crippen molar-refractivity contribution in [1.29, 1.82) is 0 Å². The average Bonchev–Trinajstić information content (AvgIpc) is 2.63. The van der Waals surface area contributed by atoms with Gasteiger partial charge in [-0.2, -0.15) is 0 Å². The predicted molar refractivity (Wildman–Crippen MR) is 60.2 cm³/mol. The third-order valence-corrected chi connectivity index (χ3v) is 3.05. The lowest BCUT2D eigenvalue weighted by Crippen LogP contribution is -1.98. The number of benzene rings is 1. The Bertz CT molecular complexity index is 528. The number of aromatic nitrogens is 2. The molecule has 0 radical (unpaired) electrons. The molecular weight excluding hydrogens is 243 g/mol. The second kappa shape index (κ2) is 4.85. The lowest BCUT2D eigenvalue weighted by atomic mass is 10.1. The van der Waals surface area contributed by atoms with Gasteiger partial charge in [-0.15, -0.1) is 10.2 Å². The molecule has 90 valence electrons. The van der Waals surface area contributed by atoms with Crippen LogP contribution in [0, 0.1) is 12.7 Å². The molecule has 0 aliphatic rings. The van der Waals surface area contributed by atoms with E-state index in [4.69, 9.17) is 4.42 Å². The normalized spacial score (nSPS) is 12.7. The van der Waals surface area contributed by atoms with Gasteiger partial charge in [-0.25, -0.2) is 4.39 Å². The van der Waals surface area contributed by atoms with Crippen LogP contribution in [0.25, 0.3) is 0 Å². The van der Waals surface area contributed by atoms with E-state index in [1.807, 2.05) is 0 Å². The summed E-state index contributed by atoms with van der Waals surface area (Å²) >= 11 is 1.14. The number of rotatable bonds is 3. The van der Waals surface area contributed by atoms with Crippen molar-refractivity contribution < 1.29 is 13.9 Å². The van der Waals surface area contributed by atoms with Crippen molar-refractivity contribution in [1.82, 2.24) is 10.2 Å². The van der Waals surface area contributed by atoms with Gasteiger partial charge in [-0.1, -0.05) is 6.07 Å². The van der Waals surface area contributed by atoms with Crippen LogP contribution in [0.4, 0.5) is 4.39 Å². The standard InChI is InChI=1S/C11H11FN2O2S/c1-6(15)10-8(12)4-3-5-9(10)17-11-14-13-7(2)16-11/h3-6,15H,1-2H3/t6-/m0/s1. The summed E-state index contributed by atoms with van der Waals surface area (Å²) in [4.78, 5) is 0.573. The molecule has 0 spiro atoms. The molecule has 0 aliphatic heterocycles. The van der Waals surface area contributed by atoms with Crippen LogP contribution in [0.1, 0.15) is 24.5 Å². The van der Waals surface area contributed by atoms with E-state index in [-0.39, 0.29) is 5.56 Å². The van der Waals surface area contributed by atoms with E-state index in [1.165, 1.54) is 13.0 Å². The van der Waals surface area contributed by atoms with Crippen LogP contribution in [0.3, 0.4) is 0 Å². The highest BCUT2D eigenvalue weighted by molar-refractivity contribution is 7.99. The highest BCUT2D eigenvalue weighted by atomic mass is 32.2. The summed E-state index contributed by atoms with van der Waals surface area (Å²) in [5.74, 6) is 0.00346. The molecule has 6 heteroatoms. The Morgan fingerprint density at radius 1 is 1.41 bits per heavy atom. The Labute approximate surface area is 102 Å². The quantitative estimate of drug-likeness (QED) is 0.912. The molecule has 0 saturated carbocycles. The molecule has 1 atom stereocenters. The molecular formula is C11H11FN2O2S. The van der Waals surface area contributed by atoms with Gasteiger partial charge in [-0.3, -0.25) is 0 Å². The summed E-state index contributed by atoms with van der Waals surface area (Å²) in [6.07, 6.45) is -0.886. The van der Waals surface area contributed by atoms with Crippen molar-refractivity contribution >= 4 is 11.8 Å². The van der Waals surface area contributed by atoms with Gasteiger partial charge in [0, 0.05) is 17.4 Å². The number of nitrogens with zero attached hydrogens (tertiary/aromatic N) is 2. The minimum atomic E-state index is -0.886. The summed E-state index contributed by atoms with van der Waals surface area (Å²) in [6, 6.07) is 4.59. The number of hydrogen-bond acceptors (Lipinski definition) is 5. The smallest absolute Gasteiger partial charge is 0.281 e. The van der Waals surface area contributed by atoms with Crippen LogP contribution >= 0.6 is 11.8 Å². The summed E-state index contributed by atoms with van der Waals surface area (Å²) in [6.45, 7) is 3.19. The summed E-state index contributed by atoms with van der Waals surface area (Å²) in [7, 11) is 0. The molecule has 1 heterocycles. The lowest BCUT2D eigenvalue weighted by molar-refractivity contribution is 0.191. The Balaban J connectivity index is 2.35. The third kappa shape index (κ3) is 2.65. The first kappa shape index (κ1) is 12.1. The fraction of sp³-hybridized carbons (Fsp3) is 0.273. The van der Waals surface area contributed by atoms with Crippen molar-refractivity contribution in [3.63, 3.8) is 0 Å². The van der Waals surface area contributed by atoms with Gasteiger partial charge in [0.1, 0.15) is 5.82 Å². The van der Waals surface area contributed by atoms with Crippen LogP contribution in [-0.2, 0) is 0 Å². The number of halogens is 1. The molecule has 1 aromatic heterocycles. The fourth-order valence-corrected chi connectivity index (χ4v) is 2.38. The SMILES string of the molecule is Cc1nnc(Sc2cccc(F)c2[C@H](C)O)o1. The van der Waals surface area contributed by atoms with Crippen LogP contribution < -0.4 is 0 Å². The van der Waals surface area contributed by atoms with Crippen LogP contribution in [-0.4, -0.2) is 15.3 Å². The maximum absolute atomic E-state index is 13.6. The van der Waals surface area contributed by atoms with Crippen LogP contribution in [0.2, 0.25) is 0 Å². The second-order valence-corrected chi connectivity index (χ2v) is 4.51. The second-order valence-electron chi connectivity index (χ2n) is 3.52. The lowest BCUT2D eigenvalue weighted by Gasteiger charge is -2.10. The Hall–Kier alpha value is -1.40. The van der Waals surface area contributed by atoms with Gasteiger partial charge in [-0.05, 0) is 30.8 Å². The summed E-state index contributed by atoms with van der Waals surface area (Å²) in [5, 5.41) is 17.4. The minimum Gasteiger partial charge on any atom is -0.416 e. The van der Waals surface area contributed by atoms with Crippen molar-refractivity contribution in [3.05, 3.63) is 35.5 Å². The maximum atomic E-state index is 13.6. The Kier molecular flexibility index (Phi) is 3.44. The molecule has 2 aromatic rings. The number of aryl methyl sites for hydroxylation is 1.